The minimum atomic E-state index is -0.443. The smallest absolute Gasteiger partial charge is 0.344 e. The Kier molecular flexibility index (Phi) is 6.51. The molecule has 0 fully saturated rings. The summed E-state index contributed by atoms with van der Waals surface area (Å²) in [5, 5.41) is 14.1. The highest BCUT2D eigenvalue weighted by atomic mass is 16.2. The number of aromatic nitrogens is 4. The number of nitrogen functional groups attached to an aromatic ring is 1. The van der Waals surface area contributed by atoms with Gasteiger partial charge in [-0.3, -0.25) is 19.7 Å². The Bertz CT molecular complexity index is 1200. The van der Waals surface area contributed by atoms with E-state index in [-0.39, 0.29) is 30.5 Å². The molecule has 0 aliphatic carbocycles. The Balaban J connectivity index is 1.65. The first kappa shape index (κ1) is 23.1. The maximum Gasteiger partial charge on any atom is 0.344 e. The molecule has 3 aromatic rings. The predicted molar refractivity (Wildman–Crippen MR) is 124 cm³/mol. The van der Waals surface area contributed by atoms with Crippen molar-refractivity contribution in [1.82, 2.24) is 23.8 Å². The van der Waals surface area contributed by atoms with Crippen LogP contribution >= 0.6 is 0 Å². The van der Waals surface area contributed by atoms with Crippen molar-refractivity contribution in [3.63, 3.8) is 0 Å². The molecule has 3 rings (SSSR count). The van der Waals surface area contributed by atoms with Crippen molar-refractivity contribution in [1.29, 1.82) is 5.41 Å². The molecule has 0 saturated carbocycles. The summed E-state index contributed by atoms with van der Waals surface area (Å²) in [5.41, 5.74) is 12.3. The highest BCUT2D eigenvalue weighted by molar-refractivity contribution is 6.04. The second-order valence-electron chi connectivity index (χ2n) is 7.47. The summed E-state index contributed by atoms with van der Waals surface area (Å²) in [6.45, 7) is 0.269. The van der Waals surface area contributed by atoms with Gasteiger partial charge in [-0.25, -0.2) is 9.59 Å². The Morgan fingerprint density at radius 3 is 2.52 bits per heavy atom. The van der Waals surface area contributed by atoms with Crippen molar-refractivity contribution in [2.45, 2.75) is 6.42 Å². The molecule has 13 heteroatoms. The lowest BCUT2D eigenvalue weighted by Gasteiger charge is -2.17. The number of anilines is 3. The van der Waals surface area contributed by atoms with Gasteiger partial charge in [0, 0.05) is 65.0 Å². The second kappa shape index (κ2) is 9.30. The normalized spacial score (nSPS) is 10.6. The van der Waals surface area contributed by atoms with Crippen LogP contribution in [-0.4, -0.2) is 68.3 Å². The van der Waals surface area contributed by atoms with Gasteiger partial charge < -0.3 is 26.3 Å². The molecule has 33 heavy (non-hydrogen) atoms. The van der Waals surface area contributed by atoms with Crippen LogP contribution < -0.4 is 21.7 Å². The first-order valence-corrected chi connectivity index (χ1v) is 9.90. The van der Waals surface area contributed by atoms with Crippen LogP contribution in [0.4, 0.5) is 26.8 Å². The molecular weight excluding hydrogens is 428 g/mol. The summed E-state index contributed by atoms with van der Waals surface area (Å²) in [6.07, 6.45) is 6.30. The molecule has 0 spiro atoms. The molecule has 0 atom stereocenters. The van der Waals surface area contributed by atoms with Crippen LogP contribution in [0.15, 0.2) is 43.0 Å². The quantitative estimate of drug-likeness (QED) is 0.321. The number of hydrogen-bond donors (Lipinski definition) is 4. The van der Waals surface area contributed by atoms with Gasteiger partial charge in [-0.1, -0.05) is 0 Å². The minimum Gasteiger partial charge on any atom is -0.397 e. The van der Waals surface area contributed by atoms with Crippen LogP contribution in [0.2, 0.25) is 0 Å². The lowest BCUT2D eigenvalue weighted by atomic mass is 10.3. The molecule has 0 unspecified atom stereocenters. The van der Waals surface area contributed by atoms with Gasteiger partial charge in [0.05, 0.1) is 17.2 Å². The van der Waals surface area contributed by atoms with E-state index in [1.54, 1.807) is 37.0 Å². The second-order valence-corrected chi connectivity index (χ2v) is 7.47. The van der Waals surface area contributed by atoms with Crippen LogP contribution in [-0.2, 0) is 7.05 Å². The highest BCUT2D eigenvalue weighted by Crippen LogP contribution is 2.16. The number of hydrogen-bond acceptors (Lipinski definition) is 6. The molecule has 0 aromatic carbocycles. The molecule has 0 aliphatic rings. The first-order valence-electron chi connectivity index (χ1n) is 9.90. The zero-order valence-corrected chi connectivity index (χ0v) is 18.5. The van der Waals surface area contributed by atoms with Crippen molar-refractivity contribution >= 4 is 41.0 Å². The summed E-state index contributed by atoms with van der Waals surface area (Å²) in [5.74, 6) is -0.123. The Morgan fingerprint density at radius 2 is 1.88 bits per heavy atom. The van der Waals surface area contributed by atoms with Crippen LogP contribution in [0.1, 0.15) is 16.9 Å². The van der Waals surface area contributed by atoms with Crippen LogP contribution in [0.5, 0.6) is 0 Å². The third-order valence-corrected chi connectivity index (χ3v) is 4.88. The van der Waals surface area contributed by atoms with E-state index in [2.05, 4.69) is 10.4 Å². The van der Waals surface area contributed by atoms with Crippen molar-refractivity contribution in [2.24, 2.45) is 12.8 Å². The number of carbonyl (C=O) groups excluding carboxylic acids is 3. The number of carbonyl (C=O) groups is 3. The Morgan fingerprint density at radius 1 is 1.15 bits per heavy atom. The van der Waals surface area contributed by atoms with Crippen molar-refractivity contribution < 1.29 is 14.4 Å². The fraction of sp³-hybridized carbons (Fsp3) is 0.250. The number of nitrogens with one attached hydrogen (secondary N) is 2. The average molecular weight is 454 g/mol. The van der Waals surface area contributed by atoms with Crippen molar-refractivity contribution in [2.75, 3.05) is 36.6 Å². The van der Waals surface area contributed by atoms with Gasteiger partial charge in [0.2, 0.25) is 0 Å². The molecule has 174 valence electrons. The molecule has 0 radical (unpaired) electrons. The van der Waals surface area contributed by atoms with E-state index < -0.39 is 12.1 Å². The van der Waals surface area contributed by atoms with Crippen LogP contribution in [0.25, 0.3) is 0 Å². The minimum absolute atomic E-state index is 0.0174. The van der Waals surface area contributed by atoms with Gasteiger partial charge in [-0.15, -0.1) is 5.10 Å². The van der Waals surface area contributed by atoms with E-state index in [1.807, 2.05) is 0 Å². The average Bonchev–Trinajstić information content (AvgIpc) is 3.50. The van der Waals surface area contributed by atoms with E-state index in [0.29, 0.717) is 17.1 Å². The molecule has 6 N–H and O–H groups in total. The van der Waals surface area contributed by atoms with Gasteiger partial charge in [0.1, 0.15) is 5.69 Å². The lowest BCUT2D eigenvalue weighted by Crippen LogP contribution is -2.34. The largest absolute Gasteiger partial charge is 0.397 e. The number of nitrogens with two attached hydrogens (primary N) is 2. The van der Waals surface area contributed by atoms with E-state index in [4.69, 9.17) is 16.9 Å². The van der Waals surface area contributed by atoms with Crippen LogP contribution in [0.3, 0.4) is 0 Å². The summed E-state index contributed by atoms with van der Waals surface area (Å²) >= 11 is 0. The number of amidine groups is 1. The molecular formula is C20H26N10O3. The monoisotopic (exact) mass is 454 g/mol. The topological polar surface area (TPSA) is 173 Å². The molecule has 3 heterocycles. The van der Waals surface area contributed by atoms with E-state index in [0.717, 1.165) is 4.68 Å². The standard InChI is InChI=1S/C20H26N10O3/c1-26(7-5-16(22)23)19(32)30-9-6-17(25-30)28(3)20(33)29-8-4-14(12-29)24-18(31)15-10-13(21)11-27(15)2/h4,6,8-12H,5,7,21H2,1-3H3,(H3,22,23)(H,24,31). The predicted octanol–water partition coefficient (Wildman–Crippen LogP) is 1.19. The molecule has 0 bridgehead atoms. The molecule has 0 aliphatic heterocycles. The van der Waals surface area contributed by atoms with Gasteiger partial charge in [0.25, 0.3) is 5.91 Å². The van der Waals surface area contributed by atoms with E-state index >= 15 is 0 Å². The zero-order valence-electron chi connectivity index (χ0n) is 18.5. The SMILES string of the molecule is CN(CCC(=N)N)C(=O)n1ccc(N(C)C(=O)n2ccc(NC(=O)c3cc(N)cn3C)c2)n1. The van der Waals surface area contributed by atoms with Crippen molar-refractivity contribution in [3.8, 4) is 0 Å². The number of amides is 3. The molecule has 13 nitrogen and oxygen atoms in total. The lowest BCUT2D eigenvalue weighted by molar-refractivity contribution is 0.101. The van der Waals surface area contributed by atoms with E-state index in [1.165, 1.54) is 46.1 Å². The van der Waals surface area contributed by atoms with Gasteiger partial charge in [-0.2, -0.15) is 4.68 Å². The fourth-order valence-electron chi connectivity index (χ4n) is 3.03. The maximum absolute atomic E-state index is 12.8. The Hall–Kier alpha value is -4.55. The summed E-state index contributed by atoms with van der Waals surface area (Å²) in [4.78, 5) is 40.3. The van der Waals surface area contributed by atoms with Gasteiger partial charge in [-0.05, 0) is 12.1 Å². The van der Waals surface area contributed by atoms with E-state index in [9.17, 15) is 14.4 Å². The number of aryl methyl sites for hydroxylation is 1. The number of rotatable bonds is 6. The molecule has 3 amide bonds. The maximum atomic E-state index is 12.8. The summed E-state index contributed by atoms with van der Waals surface area (Å²) in [7, 11) is 4.80. The third kappa shape index (κ3) is 5.20. The van der Waals surface area contributed by atoms with Crippen LogP contribution in [0, 0.1) is 5.41 Å². The number of nitrogens with zero attached hydrogens (tertiary/aromatic N) is 6. The van der Waals surface area contributed by atoms with Gasteiger partial charge in [0.15, 0.2) is 5.82 Å². The summed E-state index contributed by atoms with van der Waals surface area (Å²) < 4.78 is 4.00. The fourth-order valence-corrected chi connectivity index (χ4v) is 3.03. The van der Waals surface area contributed by atoms with Gasteiger partial charge >= 0.3 is 12.1 Å². The Labute approximate surface area is 189 Å². The molecule has 3 aromatic heterocycles. The zero-order chi connectivity index (χ0) is 24.3. The first-order chi connectivity index (χ1) is 15.6. The third-order valence-electron chi connectivity index (χ3n) is 4.88. The molecule has 0 saturated heterocycles. The van der Waals surface area contributed by atoms with Crippen molar-refractivity contribution in [3.05, 3.63) is 48.7 Å². The summed E-state index contributed by atoms with van der Waals surface area (Å²) in [6, 6.07) is 3.81. The highest BCUT2D eigenvalue weighted by Gasteiger charge is 2.19.